The molecule has 0 fully saturated rings. The van der Waals surface area contributed by atoms with E-state index in [4.69, 9.17) is 0 Å². The average molecular weight is 400 g/mol. The van der Waals surface area contributed by atoms with Crippen molar-refractivity contribution < 1.29 is 9.18 Å². The van der Waals surface area contributed by atoms with Crippen LogP contribution in [0.15, 0.2) is 85.1 Å². The summed E-state index contributed by atoms with van der Waals surface area (Å²) < 4.78 is 15.4. The second-order valence-electron chi connectivity index (χ2n) is 7.51. The average Bonchev–Trinajstić information content (AvgIpc) is 3.12. The predicted molar refractivity (Wildman–Crippen MR) is 119 cm³/mol. The molecular weight excluding hydrogens is 375 g/mol. The van der Waals surface area contributed by atoms with Crippen molar-refractivity contribution in [2.75, 3.05) is 6.54 Å². The van der Waals surface area contributed by atoms with E-state index >= 15 is 0 Å². The first-order valence-electron chi connectivity index (χ1n) is 10.3. The molecule has 30 heavy (non-hydrogen) atoms. The van der Waals surface area contributed by atoms with Crippen molar-refractivity contribution in [3.05, 3.63) is 108 Å². The van der Waals surface area contributed by atoms with Gasteiger partial charge in [-0.15, -0.1) is 0 Å². The number of rotatable bonds is 8. The van der Waals surface area contributed by atoms with E-state index in [0.717, 1.165) is 28.5 Å². The number of halogens is 1. The number of fused-ring (bicyclic) bond motifs is 1. The minimum Gasteiger partial charge on any atom is -0.356 e. The molecule has 0 aliphatic rings. The second kappa shape index (κ2) is 9.40. The highest BCUT2D eigenvalue weighted by Crippen LogP contribution is 2.23. The van der Waals surface area contributed by atoms with Crippen molar-refractivity contribution in [2.24, 2.45) is 0 Å². The van der Waals surface area contributed by atoms with Crippen LogP contribution in [-0.2, 0) is 24.2 Å². The van der Waals surface area contributed by atoms with E-state index < -0.39 is 0 Å². The SMILES string of the molecule is O=C(CCc1cn(Cc2ccc(F)cc2)c2ccccc12)NCCc1ccccc1. The molecule has 0 unspecified atom stereocenters. The van der Waals surface area contributed by atoms with E-state index in [9.17, 15) is 9.18 Å². The topological polar surface area (TPSA) is 34.0 Å². The molecule has 1 heterocycles. The first-order valence-corrected chi connectivity index (χ1v) is 10.3. The Balaban J connectivity index is 1.39. The van der Waals surface area contributed by atoms with Gasteiger partial charge in [0.05, 0.1) is 0 Å². The molecule has 3 nitrogen and oxygen atoms in total. The lowest BCUT2D eigenvalue weighted by Crippen LogP contribution is -2.25. The minimum absolute atomic E-state index is 0.0706. The first kappa shape index (κ1) is 19.9. The van der Waals surface area contributed by atoms with E-state index in [2.05, 4.69) is 40.3 Å². The summed E-state index contributed by atoms with van der Waals surface area (Å²) in [6.45, 7) is 1.32. The van der Waals surface area contributed by atoms with E-state index in [1.54, 1.807) is 0 Å². The fraction of sp³-hybridized carbons (Fsp3) is 0.192. The summed E-state index contributed by atoms with van der Waals surface area (Å²) in [4.78, 5) is 12.3. The van der Waals surface area contributed by atoms with Gasteiger partial charge < -0.3 is 9.88 Å². The molecule has 0 bridgehead atoms. The highest BCUT2D eigenvalue weighted by atomic mass is 19.1. The summed E-state index contributed by atoms with van der Waals surface area (Å²) in [5.41, 5.74) is 4.55. The number of aromatic nitrogens is 1. The summed E-state index contributed by atoms with van der Waals surface area (Å²) >= 11 is 0. The normalized spacial score (nSPS) is 11.0. The van der Waals surface area contributed by atoms with Crippen molar-refractivity contribution in [1.29, 1.82) is 0 Å². The van der Waals surface area contributed by atoms with Gasteiger partial charge in [-0.1, -0.05) is 60.7 Å². The summed E-state index contributed by atoms with van der Waals surface area (Å²) in [7, 11) is 0. The van der Waals surface area contributed by atoms with Crippen LogP contribution in [0.4, 0.5) is 4.39 Å². The lowest BCUT2D eigenvalue weighted by Gasteiger charge is -2.05. The summed E-state index contributed by atoms with van der Waals surface area (Å²) in [6.07, 6.45) is 4.10. The Labute approximate surface area is 176 Å². The van der Waals surface area contributed by atoms with Crippen LogP contribution in [0.25, 0.3) is 10.9 Å². The smallest absolute Gasteiger partial charge is 0.220 e. The third-order valence-electron chi connectivity index (χ3n) is 5.34. The number of carbonyl (C=O) groups is 1. The molecule has 3 aromatic carbocycles. The van der Waals surface area contributed by atoms with Gasteiger partial charge in [0.2, 0.25) is 5.91 Å². The molecule has 4 rings (SSSR count). The van der Waals surface area contributed by atoms with Crippen LogP contribution in [0.3, 0.4) is 0 Å². The largest absolute Gasteiger partial charge is 0.356 e. The number of nitrogens with zero attached hydrogens (tertiary/aromatic N) is 1. The number of hydrogen-bond donors (Lipinski definition) is 1. The fourth-order valence-corrected chi connectivity index (χ4v) is 3.77. The molecule has 1 N–H and O–H groups in total. The lowest BCUT2D eigenvalue weighted by atomic mass is 10.1. The molecule has 0 aliphatic carbocycles. The van der Waals surface area contributed by atoms with Gasteiger partial charge in [-0.2, -0.15) is 0 Å². The predicted octanol–water partition coefficient (Wildman–Crippen LogP) is 5.12. The molecule has 1 amide bonds. The maximum atomic E-state index is 13.2. The molecule has 0 spiro atoms. The van der Waals surface area contributed by atoms with Crippen LogP contribution in [0.5, 0.6) is 0 Å². The molecule has 4 aromatic rings. The summed E-state index contributed by atoms with van der Waals surface area (Å²) in [6, 6.07) is 25.0. The highest BCUT2D eigenvalue weighted by molar-refractivity contribution is 5.85. The van der Waals surface area contributed by atoms with Crippen LogP contribution in [-0.4, -0.2) is 17.0 Å². The molecule has 4 heteroatoms. The second-order valence-corrected chi connectivity index (χ2v) is 7.51. The zero-order valence-corrected chi connectivity index (χ0v) is 16.9. The summed E-state index contributed by atoms with van der Waals surface area (Å²) in [5, 5.41) is 4.18. The van der Waals surface area contributed by atoms with Crippen LogP contribution < -0.4 is 5.32 Å². The number of nitrogens with one attached hydrogen (secondary N) is 1. The van der Waals surface area contributed by atoms with Crippen molar-refractivity contribution in [2.45, 2.75) is 25.8 Å². The Morgan fingerprint density at radius 3 is 2.37 bits per heavy atom. The van der Waals surface area contributed by atoms with Crippen molar-refractivity contribution in [3.63, 3.8) is 0 Å². The first-order chi connectivity index (χ1) is 14.7. The fourth-order valence-electron chi connectivity index (χ4n) is 3.77. The maximum absolute atomic E-state index is 13.2. The zero-order valence-electron chi connectivity index (χ0n) is 16.9. The van der Waals surface area contributed by atoms with Crippen LogP contribution in [0.1, 0.15) is 23.1 Å². The number of aryl methyl sites for hydroxylation is 1. The van der Waals surface area contributed by atoms with E-state index in [-0.39, 0.29) is 11.7 Å². The standard InChI is InChI=1S/C26H25FN2O/c27-23-13-10-21(11-14-23)18-29-19-22(24-8-4-5-9-25(24)29)12-15-26(30)28-17-16-20-6-2-1-3-7-20/h1-11,13-14,19H,12,15-18H2,(H,28,30). The number of amides is 1. The third-order valence-corrected chi connectivity index (χ3v) is 5.34. The molecule has 0 aliphatic heterocycles. The van der Waals surface area contributed by atoms with Crippen LogP contribution in [0, 0.1) is 5.82 Å². The van der Waals surface area contributed by atoms with Crippen LogP contribution >= 0.6 is 0 Å². The molecule has 0 radical (unpaired) electrons. The lowest BCUT2D eigenvalue weighted by molar-refractivity contribution is -0.121. The number of benzene rings is 3. The van der Waals surface area contributed by atoms with Crippen LogP contribution in [0.2, 0.25) is 0 Å². The van der Waals surface area contributed by atoms with E-state index in [0.29, 0.717) is 25.9 Å². The van der Waals surface area contributed by atoms with Gasteiger partial charge in [0, 0.05) is 36.6 Å². The molecule has 0 atom stereocenters. The molecule has 0 saturated carbocycles. The van der Waals surface area contributed by atoms with Gasteiger partial charge in [-0.25, -0.2) is 4.39 Å². The highest BCUT2D eigenvalue weighted by Gasteiger charge is 2.10. The Morgan fingerprint density at radius 1 is 0.833 bits per heavy atom. The van der Waals surface area contributed by atoms with Gasteiger partial charge >= 0.3 is 0 Å². The Bertz CT molecular complexity index is 1120. The van der Waals surface area contributed by atoms with Gasteiger partial charge in [0.15, 0.2) is 0 Å². The third kappa shape index (κ3) is 4.95. The van der Waals surface area contributed by atoms with Crippen molar-refractivity contribution in [3.8, 4) is 0 Å². The number of para-hydroxylation sites is 1. The number of hydrogen-bond acceptors (Lipinski definition) is 1. The van der Waals surface area contributed by atoms with Crippen molar-refractivity contribution >= 4 is 16.8 Å². The molecular formula is C26H25FN2O. The molecule has 152 valence electrons. The molecule has 1 aromatic heterocycles. The monoisotopic (exact) mass is 400 g/mol. The Morgan fingerprint density at radius 2 is 1.57 bits per heavy atom. The van der Waals surface area contributed by atoms with Gasteiger partial charge in [0.1, 0.15) is 5.82 Å². The van der Waals surface area contributed by atoms with E-state index in [1.807, 2.05) is 42.5 Å². The van der Waals surface area contributed by atoms with Gasteiger partial charge in [-0.3, -0.25) is 4.79 Å². The Hall–Kier alpha value is -3.40. The van der Waals surface area contributed by atoms with Gasteiger partial charge in [-0.05, 0) is 47.7 Å². The zero-order chi connectivity index (χ0) is 20.8. The Kier molecular flexibility index (Phi) is 6.23. The number of carbonyl (C=O) groups excluding carboxylic acids is 1. The molecule has 0 saturated heterocycles. The van der Waals surface area contributed by atoms with E-state index in [1.165, 1.54) is 17.7 Å². The minimum atomic E-state index is -0.227. The van der Waals surface area contributed by atoms with Gasteiger partial charge in [0.25, 0.3) is 0 Å². The van der Waals surface area contributed by atoms with Crippen molar-refractivity contribution in [1.82, 2.24) is 9.88 Å². The summed E-state index contributed by atoms with van der Waals surface area (Å²) in [5.74, 6) is -0.156. The maximum Gasteiger partial charge on any atom is 0.220 e. The quantitative estimate of drug-likeness (QED) is 0.438.